The molecule has 17 heavy (non-hydrogen) atoms. The van der Waals surface area contributed by atoms with Gasteiger partial charge in [-0.25, -0.2) is 0 Å². The summed E-state index contributed by atoms with van der Waals surface area (Å²) in [4.78, 5) is 2.58. The van der Waals surface area contributed by atoms with Gasteiger partial charge in [-0.1, -0.05) is 25.4 Å². The monoisotopic (exact) mass is 266 g/mol. The highest BCUT2D eigenvalue weighted by Crippen LogP contribution is 2.38. The summed E-state index contributed by atoms with van der Waals surface area (Å²) in [7, 11) is 1.68. The van der Waals surface area contributed by atoms with Crippen molar-refractivity contribution in [3.63, 3.8) is 0 Å². The smallest absolute Gasteiger partial charge is 0.127 e. The molecular formula is C14H15ClOS. The molecule has 0 amide bonds. The Kier molecular flexibility index (Phi) is 3.75. The van der Waals surface area contributed by atoms with E-state index in [4.69, 9.17) is 16.3 Å². The molecule has 0 radical (unpaired) electrons. The Morgan fingerprint density at radius 2 is 1.94 bits per heavy atom. The fraction of sp³-hybridized carbons (Fsp3) is 0.286. The number of methoxy groups -OCH3 is 1. The van der Waals surface area contributed by atoms with Crippen LogP contribution in [0.5, 0.6) is 5.75 Å². The highest BCUT2D eigenvalue weighted by Gasteiger charge is 2.10. The lowest BCUT2D eigenvalue weighted by Gasteiger charge is -2.07. The molecule has 3 heteroatoms. The van der Waals surface area contributed by atoms with Crippen molar-refractivity contribution in [1.82, 2.24) is 0 Å². The molecule has 0 bridgehead atoms. The van der Waals surface area contributed by atoms with Crippen molar-refractivity contribution in [2.45, 2.75) is 19.8 Å². The van der Waals surface area contributed by atoms with E-state index >= 15 is 0 Å². The number of halogens is 1. The number of hydrogen-bond donors (Lipinski definition) is 0. The SMILES string of the molecule is COc1ccc(Cl)cc1-c1ccc(C(C)C)s1. The van der Waals surface area contributed by atoms with Crippen LogP contribution in [0.3, 0.4) is 0 Å². The summed E-state index contributed by atoms with van der Waals surface area (Å²) in [5.74, 6) is 1.42. The van der Waals surface area contributed by atoms with Crippen LogP contribution in [-0.2, 0) is 0 Å². The van der Waals surface area contributed by atoms with Crippen molar-refractivity contribution in [2.24, 2.45) is 0 Å². The van der Waals surface area contributed by atoms with Gasteiger partial charge in [-0.15, -0.1) is 11.3 Å². The van der Waals surface area contributed by atoms with E-state index in [0.29, 0.717) is 5.92 Å². The van der Waals surface area contributed by atoms with Gasteiger partial charge in [-0.2, -0.15) is 0 Å². The Hall–Kier alpha value is -0.990. The molecule has 0 saturated heterocycles. The zero-order chi connectivity index (χ0) is 12.4. The van der Waals surface area contributed by atoms with Crippen LogP contribution in [0.25, 0.3) is 10.4 Å². The first kappa shape index (κ1) is 12.5. The second-order valence-electron chi connectivity index (χ2n) is 4.20. The molecule has 0 spiro atoms. The predicted molar refractivity (Wildman–Crippen MR) is 75.4 cm³/mol. The van der Waals surface area contributed by atoms with E-state index in [-0.39, 0.29) is 0 Å². The van der Waals surface area contributed by atoms with Gasteiger partial charge in [0.15, 0.2) is 0 Å². The molecule has 1 heterocycles. The maximum Gasteiger partial charge on any atom is 0.127 e. The van der Waals surface area contributed by atoms with Crippen molar-refractivity contribution < 1.29 is 4.74 Å². The van der Waals surface area contributed by atoms with Crippen molar-refractivity contribution in [2.75, 3.05) is 7.11 Å². The summed E-state index contributed by atoms with van der Waals surface area (Å²) in [5, 5.41) is 0.736. The molecule has 0 aliphatic heterocycles. The van der Waals surface area contributed by atoms with Gasteiger partial charge in [0, 0.05) is 20.3 Å². The van der Waals surface area contributed by atoms with Crippen LogP contribution in [0.4, 0.5) is 0 Å². The summed E-state index contributed by atoms with van der Waals surface area (Å²) in [6.45, 7) is 4.40. The van der Waals surface area contributed by atoms with E-state index in [2.05, 4.69) is 26.0 Å². The molecule has 0 saturated carbocycles. The van der Waals surface area contributed by atoms with E-state index in [1.807, 2.05) is 18.2 Å². The maximum atomic E-state index is 6.04. The molecule has 0 unspecified atom stereocenters. The summed E-state index contributed by atoms with van der Waals surface area (Å²) >= 11 is 7.84. The number of thiophene rings is 1. The van der Waals surface area contributed by atoms with Gasteiger partial charge in [0.05, 0.1) is 7.11 Å². The maximum absolute atomic E-state index is 6.04. The van der Waals surface area contributed by atoms with E-state index in [9.17, 15) is 0 Å². The van der Waals surface area contributed by atoms with Crippen LogP contribution >= 0.6 is 22.9 Å². The first-order chi connectivity index (χ1) is 8.11. The van der Waals surface area contributed by atoms with E-state index in [1.165, 1.54) is 9.75 Å². The molecule has 90 valence electrons. The minimum Gasteiger partial charge on any atom is -0.496 e. The topological polar surface area (TPSA) is 9.23 Å². The molecule has 0 aliphatic carbocycles. The molecule has 1 aromatic heterocycles. The van der Waals surface area contributed by atoms with E-state index < -0.39 is 0 Å². The zero-order valence-corrected chi connectivity index (χ0v) is 11.7. The average Bonchev–Trinajstić information content (AvgIpc) is 2.78. The highest BCUT2D eigenvalue weighted by molar-refractivity contribution is 7.15. The normalized spacial score (nSPS) is 10.9. The van der Waals surface area contributed by atoms with Crippen LogP contribution in [-0.4, -0.2) is 7.11 Å². The lowest BCUT2D eigenvalue weighted by molar-refractivity contribution is 0.416. The summed E-state index contributed by atoms with van der Waals surface area (Å²) in [6, 6.07) is 10.0. The molecular weight excluding hydrogens is 252 g/mol. The molecule has 0 fully saturated rings. The van der Waals surface area contributed by atoms with Crippen LogP contribution in [0.15, 0.2) is 30.3 Å². The van der Waals surface area contributed by atoms with Crippen molar-refractivity contribution >= 4 is 22.9 Å². The van der Waals surface area contributed by atoms with E-state index in [0.717, 1.165) is 16.3 Å². The largest absolute Gasteiger partial charge is 0.496 e. The minimum absolute atomic E-state index is 0.555. The van der Waals surface area contributed by atoms with Crippen molar-refractivity contribution in [3.05, 3.63) is 40.2 Å². The van der Waals surface area contributed by atoms with Crippen LogP contribution < -0.4 is 4.74 Å². The van der Waals surface area contributed by atoms with Crippen LogP contribution in [0.2, 0.25) is 5.02 Å². The Morgan fingerprint density at radius 3 is 2.53 bits per heavy atom. The molecule has 0 aliphatic rings. The molecule has 2 aromatic rings. The third-order valence-electron chi connectivity index (χ3n) is 2.62. The number of ether oxygens (including phenoxy) is 1. The minimum atomic E-state index is 0.555. The number of hydrogen-bond acceptors (Lipinski definition) is 2. The lowest BCUT2D eigenvalue weighted by atomic mass is 10.1. The van der Waals surface area contributed by atoms with Gasteiger partial charge >= 0.3 is 0 Å². The lowest BCUT2D eigenvalue weighted by Crippen LogP contribution is -1.85. The molecule has 0 N–H and O–H groups in total. The Balaban J connectivity index is 2.47. The fourth-order valence-electron chi connectivity index (χ4n) is 1.68. The van der Waals surface area contributed by atoms with Crippen LogP contribution in [0.1, 0.15) is 24.6 Å². The van der Waals surface area contributed by atoms with Crippen LogP contribution in [0, 0.1) is 0 Å². The molecule has 2 rings (SSSR count). The van der Waals surface area contributed by atoms with Gasteiger partial charge in [-0.05, 0) is 36.2 Å². The standard InChI is InChI=1S/C14H15ClOS/c1-9(2)13-6-7-14(17-13)11-8-10(15)4-5-12(11)16-3/h4-9H,1-3H3. The summed E-state index contributed by atoms with van der Waals surface area (Å²) in [6.07, 6.45) is 0. The third kappa shape index (κ3) is 2.64. The van der Waals surface area contributed by atoms with Gasteiger partial charge < -0.3 is 4.74 Å². The van der Waals surface area contributed by atoms with Crippen molar-refractivity contribution in [1.29, 1.82) is 0 Å². The zero-order valence-electron chi connectivity index (χ0n) is 10.2. The Bertz CT molecular complexity index is 517. The number of benzene rings is 1. The number of rotatable bonds is 3. The van der Waals surface area contributed by atoms with Gasteiger partial charge in [0.25, 0.3) is 0 Å². The Labute approximate surface area is 111 Å². The summed E-state index contributed by atoms with van der Waals surface area (Å²) < 4.78 is 5.37. The van der Waals surface area contributed by atoms with Gasteiger partial charge in [0.1, 0.15) is 5.75 Å². The predicted octanol–water partition coefficient (Wildman–Crippen LogP) is 5.20. The first-order valence-electron chi connectivity index (χ1n) is 5.55. The fourth-order valence-corrected chi connectivity index (χ4v) is 2.88. The highest BCUT2D eigenvalue weighted by atomic mass is 35.5. The third-order valence-corrected chi connectivity index (χ3v) is 4.28. The van der Waals surface area contributed by atoms with Gasteiger partial charge in [0.2, 0.25) is 0 Å². The quantitative estimate of drug-likeness (QED) is 0.742. The summed E-state index contributed by atoms with van der Waals surface area (Å²) in [5.41, 5.74) is 1.07. The Morgan fingerprint density at radius 1 is 1.18 bits per heavy atom. The van der Waals surface area contributed by atoms with Gasteiger partial charge in [-0.3, -0.25) is 0 Å². The molecule has 1 nitrogen and oxygen atoms in total. The van der Waals surface area contributed by atoms with E-state index in [1.54, 1.807) is 18.4 Å². The molecule has 0 atom stereocenters. The molecule has 1 aromatic carbocycles. The second-order valence-corrected chi connectivity index (χ2v) is 5.75. The second kappa shape index (κ2) is 5.11. The first-order valence-corrected chi connectivity index (χ1v) is 6.75. The van der Waals surface area contributed by atoms with Crippen molar-refractivity contribution in [3.8, 4) is 16.2 Å². The average molecular weight is 267 g/mol.